The monoisotopic (exact) mass is 250 g/mol. The normalized spacial score (nSPS) is 10.3. The van der Waals surface area contributed by atoms with Gasteiger partial charge >= 0.3 is 5.97 Å². The van der Waals surface area contributed by atoms with Crippen LogP contribution in [-0.2, 0) is 4.74 Å². The molecule has 2 aromatic rings. The SMILES string of the molecule is COC(=O)c1cc(-n2ccc(C)n2)ccc1Cl. The van der Waals surface area contributed by atoms with Crippen molar-refractivity contribution in [1.29, 1.82) is 0 Å². The second-order valence-corrected chi connectivity index (χ2v) is 3.96. The van der Waals surface area contributed by atoms with Gasteiger partial charge in [-0.05, 0) is 31.2 Å². The first-order chi connectivity index (χ1) is 8.11. The summed E-state index contributed by atoms with van der Waals surface area (Å²) >= 11 is 5.93. The molecule has 0 unspecified atom stereocenters. The van der Waals surface area contributed by atoms with Crippen LogP contribution in [0.15, 0.2) is 30.5 Å². The quantitative estimate of drug-likeness (QED) is 0.770. The molecule has 2 rings (SSSR count). The summed E-state index contributed by atoms with van der Waals surface area (Å²) in [4.78, 5) is 11.5. The first-order valence-corrected chi connectivity index (χ1v) is 5.40. The van der Waals surface area contributed by atoms with Gasteiger partial charge in [-0.1, -0.05) is 11.6 Å². The minimum Gasteiger partial charge on any atom is -0.465 e. The average Bonchev–Trinajstić information content (AvgIpc) is 2.75. The smallest absolute Gasteiger partial charge is 0.339 e. The van der Waals surface area contributed by atoms with Gasteiger partial charge in [0.25, 0.3) is 0 Å². The summed E-state index contributed by atoms with van der Waals surface area (Å²) in [6.45, 7) is 1.90. The van der Waals surface area contributed by atoms with Crippen molar-refractivity contribution in [1.82, 2.24) is 9.78 Å². The predicted octanol–water partition coefficient (Wildman–Crippen LogP) is 2.62. The van der Waals surface area contributed by atoms with Gasteiger partial charge in [0.05, 0.1) is 29.1 Å². The van der Waals surface area contributed by atoms with E-state index in [-0.39, 0.29) is 0 Å². The molecule has 0 spiro atoms. The molecule has 0 saturated heterocycles. The fraction of sp³-hybridized carbons (Fsp3) is 0.167. The van der Waals surface area contributed by atoms with Crippen LogP contribution in [0, 0.1) is 6.92 Å². The van der Waals surface area contributed by atoms with Gasteiger partial charge in [0, 0.05) is 6.20 Å². The van der Waals surface area contributed by atoms with Crippen LogP contribution in [0.1, 0.15) is 16.1 Å². The Morgan fingerprint density at radius 1 is 1.41 bits per heavy atom. The van der Waals surface area contributed by atoms with E-state index in [0.29, 0.717) is 10.6 Å². The molecule has 0 aliphatic rings. The topological polar surface area (TPSA) is 44.1 Å². The highest BCUT2D eigenvalue weighted by Crippen LogP contribution is 2.20. The molecule has 0 radical (unpaired) electrons. The Hall–Kier alpha value is -1.81. The Morgan fingerprint density at radius 3 is 2.76 bits per heavy atom. The van der Waals surface area contributed by atoms with Crippen molar-refractivity contribution in [3.8, 4) is 5.69 Å². The molecule has 0 aliphatic carbocycles. The van der Waals surface area contributed by atoms with E-state index in [1.807, 2.05) is 19.2 Å². The third-order valence-corrected chi connectivity index (χ3v) is 2.67. The van der Waals surface area contributed by atoms with E-state index < -0.39 is 5.97 Å². The Morgan fingerprint density at radius 2 is 2.18 bits per heavy atom. The van der Waals surface area contributed by atoms with E-state index in [1.165, 1.54) is 7.11 Å². The zero-order valence-electron chi connectivity index (χ0n) is 9.48. The number of benzene rings is 1. The Kier molecular flexibility index (Phi) is 3.15. The summed E-state index contributed by atoms with van der Waals surface area (Å²) in [5.74, 6) is -0.458. The number of carbonyl (C=O) groups is 1. The van der Waals surface area contributed by atoms with Crippen molar-refractivity contribution in [3.63, 3.8) is 0 Å². The van der Waals surface area contributed by atoms with E-state index in [9.17, 15) is 4.79 Å². The Balaban J connectivity index is 2.47. The minimum atomic E-state index is -0.458. The van der Waals surface area contributed by atoms with E-state index in [4.69, 9.17) is 11.6 Å². The summed E-state index contributed by atoms with van der Waals surface area (Å²) < 4.78 is 6.34. The van der Waals surface area contributed by atoms with Crippen molar-refractivity contribution in [2.45, 2.75) is 6.92 Å². The van der Waals surface area contributed by atoms with E-state index in [2.05, 4.69) is 9.84 Å². The molecule has 5 heteroatoms. The van der Waals surface area contributed by atoms with Crippen LogP contribution in [0.5, 0.6) is 0 Å². The lowest BCUT2D eigenvalue weighted by Crippen LogP contribution is -2.04. The van der Waals surface area contributed by atoms with Crippen molar-refractivity contribution in [3.05, 3.63) is 46.7 Å². The molecule has 0 aliphatic heterocycles. The fourth-order valence-corrected chi connectivity index (χ4v) is 1.68. The summed E-state index contributed by atoms with van der Waals surface area (Å²) in [5.41, 5.74) is 2.00. The van der Waals surface area contributed by atoms with Crippen LogP contribution < -0.4 is 0 Å². The number of hydrogen-bond donors (Lipinski definition) is 0. The molecule has 0 saturated carbocycles. The maximum Gasteiger partial charge on any atom is 0.339 e. The minimum absolute atomic E-state index is 0.333. The summed E-state index contributed by atoms with van der Waals surface area (Å²) in [7, 11) is 1.32. The maximum atomic E-state index is 11.5. The number of rotatable bonds is 2. The van der Waals surface area contributed by atoms with Crippen molar-refractivity contribution < 1.29 is 9.53 Å². The molecule has 4 nitrogen and oxygen atoms in total. The predicted molar refractivity (Wildman–Crippen MR) is 64.7 cm³/mol. The van der Waals surface area contributed by atoms with Gasteiger partial charge < -0.3 is 4.74 Å². The first kappa shape index (κ1) is 11.7. The lowest BCUT2D eigenvalue weighted by Gasteiger charge is -2.06. The molecule has 0 amide bonds. The lowest BCUT2D eigenvalue weighted by molar-refractivity contribution is 0.0601. The lowest BCUT2D eigenvalue weighted by atomic mass is 10.2. The second-order valence-electron chi connectivity index (χ2n) is 3.56. The highest BCUT2D eigenvalue weighted by atomic mass is 35.5. The molecule has 1 aromatic carbocycles. The molecule has 1 aromatic heterocycles. The second kappa shape index (κ2) is 4.59. The number of methoxy groups -OCH3 is 1. The van der Waals surface area contributed by atoms with Gasteiger partial charge in [-0.2, -0.15) is 5.10 Å². The van der Waals surface area contributed by atoms with Crippen molar-refractivity contribution in [2.24, 2.45) is 0 Å². The van der Waals surface area contributed by atoms with E-state index in [1.54, 1.807) is 22.9 Å². The molecule has 1 heterocycles. The molecule has 0 N–H and O–H groups in total. The van der Waals surface area contributed by atoms with Crippen LogP contribution in [0.25, 0.3) is 5.69 Å². The van der Waals surface area contributed by atoms with Gasteiger partial charge in [-0.15, -0.1) is 0 Å². The van der Waals surface area contributed by atoms with Crippen molar-refractivity contribution >= 4 is 17.6 Å². The summed E-state index contributed by atoms with van der Waals surface area (Å²) in [5, 5.41) is 4.62. The van der Waals surface area contributed by atoms with Crippen LogP contribution in [0.2, 0.25) is 5.02 Å². The molecular formula is C12H11ClN2O2. The van der Waals surface area contributed by atoms with Crippen LogP contribution >= 0.6 is 11.6 Å². The first-order valence-electron chi connectivity index (χ1n) is 5.02. The van der Waals surface area contributed by atoms with E-state index >= 15 is 0 Å². The number of nitrogens with zero attached hydrogens (tertiary/aromatic N) is 2. The number of halogens is 1. The Labute approximate surface area is 104 Å². The molecule has 0 atom stereocenters. The van der Waals surface area contributed by atoms with Crippen molar-refractivity contribution in [2.75, 3.05) is 7.11 Å². The maximum absolute atomic E-state index is 11.5. The zero-order chi connectivity index (χ0) is 12.4. The number of ether oxygens (including phenoxy) is 1. The molecular weight excluding hydrogens is 240 g/mol. The number of aromatic nitrogens is 2. The third-order valence-electron chi connectivity index (χ3n) is 2.34. The van der Waals surface area contributed by atoms with Crippen LogP contribution in [0.3, 0.4) is 0 Å². The molecule has 0 bridgehead atoms. The highest BCUT2D eigenvalue weighted by molar-refractivity contribution is 6.33. The Bertz CT molecular complexity index is 563. The molecule has 17 heavy (non-hydrogen) atoms. The van der Waals surface area contributed by atoms with Crippen LogP contribution in [0.4, 0.5) is 0 Å². The number of carbonyl (C=O) groups excluding carboxylic acids is 1. The van der Waals surface area contributed by atoms with Gasteiger partial charge in [-0.3, -0.25) is 0 Å². The third kappa shape index (κ3) is 2.31. The number of aryl methyl sites for hydroxylation is 1. The van der Waals surface area contributed by atoms with Crippen LogP contribution in [-0.4, -0.2) is 22.9 Å². The molecule has 88 valence electrons. The molecule has 0 fully saturated rings. The van der Waals surface area contributed by atoms with Gasteiger partial charge in [0.1, 0.15) is 0 Å². The van der Waals surface area contributed by atoms with Gasteiger partial charge in [-0.25, -0.2) is 9.48 Å². The van der Waals surface area contributed by atoms with Gasteiger partial charge in [0.2, 0.25) is 0 Å². The fourth-order valence-electron chi connectivity index (χ4n) is 1.48. The summed E-state index contributed by atoms with van der Waals surface area (Å²) in [6, 6.07) is 6.98. The summed E-state index contributed by atoms with van der Waals surface area (Å²) in [6.07, 6.45) is 1.82. The van der Waals surface area contributed by atoms with E-state index in [0.717, 1.165) is 11.4 Å². The van der Waals surface area contributed by atoms with Gasteiger partial charge in [0.15, 0.2) is 0 Å². The zero-order valence-corrected chi connectivity index (χ0v) is 10.2. The highest BCUT2D eigenvalue weighted by Gasteiger charge is 2.12. The largest absolute Gasteiger partial charge is 0.465 e. The number of hydrogen-bond acceptors (Lipinski definition) is 3. The number of esters is 1. The average molecular weight is 251 g/mol. The standard InChI is InChI=1S/C12H11ClN2O2/c1-8-5-6-15(14-8)9-3-4-11(13)10(7-9)12(16)17-2/h3-7H,1-2H3.